The zero-order chi connectivity index (χ0) is 13.0. The van der Waals surface area contributed by atoms with Crippen LogP contribution in [0.3, 0.4) is 0 Å². The standard InChI is InChI=1S/C15H15BrO2/c1-11-8-13(16)15(17-2)14(9-11)18-10-12-6-4-3-5-7-12/h3-9H,10H2,1-2H3. The van der Waals surface area contributed by atoms with Gasteiger partial charge in [0.1, 0.15) is 6.61 Å². The van der Waals surface area contributed by atoms with Crippen LogP contribution >= 0.6 is 15.9 Å². The third-order valence-electron chi connectivity index (χ3n) is 2.60. The van der Waals surface area contributed by atoms with Gasteiger partial charge in [-0.05, 0) is 46.1 Å². The first-order chi connectivity index (χ1) is 8.70. The lowest BCUT2D eigenvalue weighted by Crippen LogP contribution is -1.98. The van der Waals surface area contributed by atoms with Gasteiger partial charge in [-0.15, -0.1) is 0 Å². The van der Waals surface area contributed by atoms with Crippen molar-refractivity contribution in [1.29, 1.82) is 0 Å². The maximum Gasteiger partial charge on any atom is 0.174 e. The van der Waals surface area contributed by atoms with Gasteiger partial charge in [-0.2, -0.15) is 0 Å². The van der Waals surface area contributed by atoms with Crippen LogP contribution in [0.5, 0.6) is 11.5 Å². The van der Waals surface area contributed by atoms with Crippen LogP contribution in [0.25, 0.3) is 0 Å². The molecule has 94 valence electrons. The molecule has 0 radical (unpaired) electrons. The van der Waals surface area contributed by atoms with E-state index in [1.165, 1.54) is 0 Å². The Morgan fingerprint density at radius 1 is 1.11 bits per heavy atom. The summed E-state index contributed by atoms with van der Waals surface area (Å²) in [7, 11) is 1.64. The molecule has 0 spiro atoms. The summed E-state index contributed by atoms with van der Waals surface area (Å²) in [6.07, 6.45) is 0. The summed E-state index contributed by atoms with van der Waals surface area (Å²) in [6.45, 7) is 2.56. The number of methoxy groups -OCH3 is 1. The molecule has 0 aliphatic carbocycles. The van der Waals surface area contributed by atoms with E-state index in [2.05, 4.69) is 15.9 Å². The molecule has 0 amide bonds. The van der Waals surface area contributed by atoms with Crippen molar-refractivity contribution in [3.05, 3.63) is 58.1 Å². The van der Waals surface area contributed by atoms with Gasteiger partial charge in [0.25, 0.3) is 0 Å². The van der Waals surface area contributed by atoms with Crippen LogP contribution in [-0.2, 0) is 6.61 Å². The van der Waals surface area contributed by atoms with E-state index in [-0.39, 0.29) is 0 Å². The maximum absolute atomic E-state index is 5.82. The van der Waals surface area contributed by atoms with Gasteiger partial charge >= 0.3 is 0 Å². The topological polar surface area (TPSA) is 18.5 Å². The minimum absolute atomic E-state index is 0.535. The van der Waals surface area contributed by atoms with E-state index in [4.69, 9.17) is 9.47 Å². The molecule has 0 bridgehead atoms. The average Bonchev–Trinajstić information content (AvgIpc) is 2.37. The fourth-order valence-electron chi connectivity index (χ4n) is 1.74. The normalized spacial score (nSPS) is 10.2. The number of aryl methyl sites for hydroxylation is 1. The lowest BCUT2D eigenvalue weighted by molar-refractivity contribution is 0.283. The summed E-state index contributed by atoms with van der Waals surface area (Å²) in [4.78, 5) is 0. The molecule has 0 saturated carbocycles. The minimum Gasteiger partial charge on any atom is -0.492 e. The second kappa shape index (κ2) is 5.91. The second-order valence-electron chi connectivity index (χ2n) is 4.05. The molecule has 0 fully saturated rings. The SMILES string of the molecule is COc1c(Br)cc(C)cc1OCc1ccccc1. The van der Waals surface area contributed by atoms with Crippen molar-refractivity contribution < 1.29 is 9.47 Å². The molecule has 2 aromatic carbocycles. The van der Waals surface area contributed by atoms with Gasteiger partial charge in [-0.25, -0.2) is 0 Å². The fourth-order valence-corrected chi connectivity index (χ4v) is 2.46. The van der Waals surface area contributed by atoms with Crippen LogP contribution in [0.1, 0.15) is 11.1 Å². The Morgan fingerprint density at radius 2 is 1.83 bits per heavy atom. The lowest BCUT2D eigenvalue weighted by Gasteiger charge is -2.13. The Bertz CT molecular complexity index is 524. The van der Waals surface area contributed by atoms with Crippen LogP contribution < -0.4 is 9.47 Å². The predicted octanol–water partition coefficient (Wildman–Crippen LogP) is 4.35. The van der Waals surface area contributed by atoms with Crippen molar-refractivity contribution in [2.75, 3.05) is 7.11 Å². The average molecular weight is 307 g/mol. The third kappa shape index (κ3) is 3.05. The van der Waals surface area contributed by atoms with Gasteiger partial charge < -0.3 is 9.47 Å². The largest absolute Gasteiger partial charge is 0.492 e. The molecule has 0 aromatic heterocycles. The molecular formula is C15H15BrO2. The van der Waals surface area contributed by atoms with Crippen LogP contribution in [-0.4, -0.2) is 7.11 Å². The molecule has 0 saturated heterocycles. The van der Waals surface area contributed by atoms with Crippen molar-refractivity contribution in [1.82, 2.24) is 0 Å². The van der Waals surface area contributed by atoms with Gasteiger partial charge in [-0.1, -0.05) is 30.3 Å². The Morgan fingerprint density at radius 3 is 2.50 bits per heavy atom. The number of hydrogen-bond acceptors (Lipinski definition) is 2. The van der Waals surface area contributed by atoms with Crippen molar-refractivity contribution in [2.45, 2.75) is 13.5 Å². The zero-order valence-electron chi connectivity index (χ0n) is 10.4. The van der Waals surface area contributed by atoms with Gasteiger partial charge in [0, 0.05) is 0 Å². The highest BCUT2D eigenvalue weighted by Gasteiger charge is 2.09. The highest BCUT2D eigenvalue weighted by molar-refractivity contribution is 9.10. The quantitative estimate of drug-likeness (QED) is 0.836. The molecule has 3 heteroatoms. The molecule has 0 heterocycles. The number of hydrogen-bond donors (Lipinski definition) is 0. The molecule has 2 rings (SSSR count). The van der Waals surface area contributed by atoms with Gasteiger partial charge in [0.15, 0.2) is 11.5 Å². The van der Waals surface area contributed by atoms with E-state index >= 15 is 0 Å². The highest BCUT2D eigenvalue weighted by Crippen LogP contribution is 2.36. The van der Waals surface area contributed by atoms with Crippen LogP contribution in [0.4, 0.5) is 0 Å². The summed E-state index contributed by atoms with van der Waals surface area (Å²) in [5, 5.41) is 0. The van der Waals surface area contributed by atoms with Gasteiger partial charge in [0.2, 0.25) is 0 Å². The minimum atomic E-state index is 0.535. The Kier molecular flexibility index (Phi) is 4.26. The molecule has 0 aliphatic heterocycles. The van der Waals surface area contributed by atoms with Crippen LogP contribution in [0.15, 0.2) is 46.9 Å². The first-order valence-corrected chi connectivity index (χ1v) is 6.51. The number of benzene rings is 2. The predicted molar refractivity (Wildman–Crippen MR) is 76.2 cm³/mol. The number of ether oxygens (including phenoxy) is 2. The number of rotatable bonds is 4. The third-order valence-corrected chi connectivity index (χ3v) is 3.18. The molecule has 2 aromatic rings. The summed E-state index contributed by atoms with van der Waals surface area (Å²) in [5.41, 5.74) is 2.27. The fraction of sp³-hybridized carbons (Fsp3) is 0.200. The molecule has 18 heavy (non-hydrogen) atoms. The van der Waals surface area contributed by atoms with Gasteiger partial charge in [0.05, 0.1) is 11.6 Å². The maximum atomic E-state index is 5.82. The second-order valence-corrected chi connectivity index (χ2v) is 4.91. The highest BCUT2D eigenvalue weighted by atomic mass is 79.9. The first-order valence-electron chi connectivity index (χ1n) is 5.71. The molecule has 0 unspecified atom stereocenters. The van der Waals surface area contributed by atoms with E-state index in [0.717, 1.165) is 27.1 Å². The van der Waals surface area contributed by atoms with Crippen molar-refractivity contribution in [3.63, 3.8) is 0 Å². The Hall–Kier alpha value is -1.48. The molecule has 0 aliphatic rings. The summed E-state index contributed by atoms with van der Waals surface area (Å²) in [6, 6.07) is 14.1. The zero-order valence-corrected chi connectivity index (χ0v) is 12.0. The van der Waals surface area contributed by atoms with Crippen molar-refractivity contribution in [2.24, 2.45) is 0 Å². The molecule has 0 atom stereocenters. The summed E-state index contributed by atoms with van der Waals surface area (Å²) in [5.74, 6) is 1.49. The van der Waals surface area contributed by atoms with E-state index in [1.807, 2.05) is 49.4 Å². The summed E-state index contributed by atoms with van der Waals surface area (Å²) < 4.78 is 12.1. The van der Waals surface area contributed by atoms with Crippen LogP contribution in [0, 0.1) is 6.92 Å². The van der Waals surface area contributed by atoms with E-state index < -0.39 is 0 Å². The van der Waals surface area contributed by atoms with Crippen molar-refractivity contribution in [3.8, 4) is 11.5 Å². The van der Waals surface area contributed by atoms with Crippen LogP contribution in [0.2, 0.25) is 0 Å². The Balaban J connectivity index is 2.18. The van der Waals surface area contributed by atoms with E-state index in [0.29, 0.717) is 6.61 Å². The molecule has 0 N–H and O–H groups in total. The first kappa shape index (κ1) is 13.0. The Labute approximate surface area is 116 Å². The molecular weight excluding hydrogens is 292 g/mol. The van der Waals surface area contributed by atoms with E-state index in [1.54, 1.807) is 7.11 Å². The smallest absolute Gasteiger partial charge is 0.174 e. The van der Waals surface area contributed by atoms with Gasteiger partial charge in [-0.3, -0.25) is 0 Å². The summed E-state index contributed by atoms with van der Waals surface area (Å²) >= 11 is 3.48. The monoisotopic (exact) mass is 306 g/mol. The van der Waals surface area contributed by atoms with E-state index in [9.17, 15) is 0 Å². The number of halogens is 1. The lowest BCUT2D eigenvalue weighted by atomic mass is 10.2. The van der Waals surface area contributed by atoms with Crippen molar-refractivity contribution >= 4 is 15.9 Å². The molecule has 2 nitrogen and oxygen atoms in total.